The number of benzene rings is 1. The standard InChI is InChI=1S/C13H14N2O4/c16-12(6-14-9-2-3-9)18-7-8-1-4-11-10(5-8)15-13(17)19-11/h1,4-5,9,14H,2-3,6-7H2,(H,15,17). The number of hydrogen-bond donors (Lipinski definition) is 2. The number of ether oxygens (including phenoxy) is 1. The monoisotopic (exact) mass is 262 g/mol. The lowest BCUT2D eigenvalue weighted by Gasteiger charge is -2.05. The van der Waals surface area contributed by atoms with Gasteiger partial charge >= 0.3 is 11.7 Å². The van der Waals surface area contributed by atoms with Crippen LogP contribution in [0.15, 0.2) is 27.4 Å². The summed E-state index contributed by atoms with van der Waals surface area (Å²) in [4.78, 5) is 25.0. The maximum absolute atomic E-state index is 11.5. The second-order valence-electron chi connectivity index (χ2n) is 4.66. The van der Waals surface area contributed by atoms with Gasteiger partial charge in [-0.15, -0.1) is 0 Å². The quantitative estimate of drug-likeness (QED) is 0.783. The van der Waals surface area contributed by atoms with Crippen molar-refractivity contribution in [3.05, 3.63) is 34.3 Å². The van der Waals surface area contributed by atoms with Crippen LogP contribution in [0.4, 0.5) is 0 Å². The van der Waals surface area contributed by atoms with Gasteiger partial charge in [-0.3, -0.25) is 9.78 Å². The van der Waals surface area contributed by atoms with Crippen molar-refractivity contribution in [3.63, 3.8) is 0 Å². The smallest absolute Gasteiger partial charge is 0.417 e. The van der Waals surface area contributed by atoms with Crippen LogP contribution in [-0.2, 0) is 16.1 Å². The van der Waals surface area contributed by atoms with Gasteiger partial charge in [0.25, 0.3) is 0 Å². The highest BCUT2D eigenvalue weighted by Gasteiger charge is 2.21. The van der Waals surface area contributed by atoms with Crippen LogP contribution in [0.5, 0.6) is 0 Å². The Balaban J connectivity index is 1.57. The van der Waals surface area contributed by atoms with Crippen LogP contribution in [0.1, 0.15) is 18.4 Å². The zero-order valence-electron chi connectivity index (χ0n) is 10.3. The summed E-state index contributed by atoms with van der Waals surface area (Å²) in [6, 6.07) is 5.67. The summed E-state index contributed by atoms with van der Waals surface area (Å²) in [6.07, 6.45) is 2.27. The highest BCUT2D eigenvalue weighted by molar-refractivity contribution is 5.73. The molecule has 0 spiro atoms. The van der Waals surface area contributed by atoms with Gasteiger partial charge in [0.1, 0.15) is 6.61 Å². The minimum absolute atomic E-state index is 0.189. The first-order valence-electron chi connectivity index (χ1n) is 6.21. The van der Waals surface area contributed by atoms with Gasteiger partial charge in [0.2, 0.25) is 0 Å². The van der Waals surface area contributed by atoms with Crippen molar-refractivity contribution in [2.75, 3.05) is 6.54 Å². The predicted octanol–water partition coefficient (Wildman–Crippen LogP) is 0.916. The van der Waals surface area contributed by atoms with Crippen molar-refractivity contribution in [1.29, 1.82) is 0 Å². The van der Waals surface area contributed by atoms with Crippen molar-refractivity contribution in [2.45, 2.75) is 25.5 Å². The predicted molar refractivity (Wildman–Crippen MR) is 67.7 cm³/mol. The molecule has 0 saturated heterocycles. The lowest BCUT2D eigenvalue weighted by molar-refractivity contribution is -0.143. The maximum atomic E-state index is 11.5. The molecule has 1 aliphatic carbocycles. The second kappa shape index (κ2) is 4.89. The van der Waals surface area contributed by atoms with E-state index >= 15 is 0 Å². The summed E-state index contributed by atoms with van der Waals surface area (Å²) < 4.78 is 10.0. The molecule has 0 atom stereocenters. The number of aromatic amines is 1. The summed E-state index contributed by atoms with van der Waals surface area (Å²) in [5.41, 5.74) is 1.91. The Morgan fingerprint density at radius 1 is 1.47 bits per heavy atom. The highest BCUT2D eigenvalue weighted by Crippen LogP contribution is 2.18. The molecule has 100 valence electrons. The Morgan fingerprint density at radius 3 is 3.11 bits per heavy atom. The Kier molecular flexibility index (Phi) is 3.08. The van der Waals surface area contributed by atoms with Gasteiger partial charge < -0.3 is 14.5 Å². The van der Waals surface area contributed by atoms with Crippen LogP contribution in [0.25, 0.3) is 11.1 Å². The first kappa shape index (κ1) is 12.0. The molecule has 1 heterocycles. The Labute approximate surface area is 108 Å². The van der Waals surface area contributed by atoms with Gasteiger partial charge in [0.15, 0.2) is 5.58 Å². The van der Waals surface area contributed by atoms with Gasteiger partial charge in [0, 0.05) is 6.04 Å². The highest BCUT2D eigenvalue weighted by atomic mass is 16.5. The molecular weight excluding hydrogens is 248 g/mol. The van der Waals surface area contributed by atoms with Crippen molar-refractivity contribution < 1.29 is 13.9 Å². The lowest BCUT2D eigenvalue weighted by atomic mass is 10.2. The first-order valence-corrected chi connectivity index (χ1v) is 6.21. The average Bonchev–Trinajstić information content (AvgIpc) is 3.14. The molecule has 6 heteroatoms. The SMILES string of the molecule is O=C(CNC1CC1)OCc1ccc2oc(=O)[nH]c2c1. The van der Waals surface area contributed by atoms with Gasteiger partial charge in [-0.2, -0.15) is 0 Å². The lowest BCUT2D eigenvalue weighted by Crippen LogP contribution is -2.26. The summed E-state index contributed by atoms with van der Waals surface area (Å²) in [6.45, 7) is 0.434. The fourth-order valence-corrected chi connectivity index (χ4v) is 1.82. The van der Waals surface area contributed by atoms with Crippen molar-refractivity contribution >= 4 is 17.1 Å². The number of nitrogens with one attached hydrogen (secondary N) is 2. The molecule has 0 radical (unpaired) electrons. The first-order chi connectivity index (χ1) is 9.20. The molecule has 6 nitrogen and oxygen atoms in total. The zero-order chi connectivity index (χ0) is 13.2. The fourth-order valence-electron chi connectivity index (χ4n) is 1.82. The van der Waals surface area contributed by atoms with E-state index in [4.69, 9.17) is 9.15 Å². The number of hydrogen-bond acceptors (Lipinski definition) is 5. The second-order valence-corrected chi connectivity index (χ2v) is 4.66. The van der Waals surface area contributed by atoms with E-state index in [9.17, 15) is 9.59 Å². The number of aromatic nitrogens is 1. The third-order valence-electron chi connectivity index (χ3n) is 3.00. The van der Waals surface area contributed by atoms with E-state index in [2.05, 4.69) is 10.3 Å². The molecule has 1 aromatic carbocycles. The molecule has 0 amide bonds. The van der Waals surface area contributed by atoms with Gasteiger partial charge in [0.05, 0.1) is 12.1 Å². The molecule has 0 bridgehead atoms. The van der Waals surface area contributed by atoms with Gasteiger partial charge in [-0.1, -0.05) is 6.07 Å². The normalized spacial score (nSPS) is 14.7. The average molecular weight is 262 g/mol. The van der Waals surface area contributed by atoms with Crippen LogP contribution in [0.3, 0.4) is 0 Å². The molecule has 19 heavy (non-hydrogen) atoms. The molecule has 2 aromatic rings. The molecule has 0 unspecified atom stereocenters. The number of oxazole rings is 1. The topological polar surface area (TPSA) is 84.3 Å². The fraction of sp³-hybridized carbons (Fsp3) is 0.385. The van der Waals surface area contributed by atoms with Crippen molar-refractivity contribution in [1.82, 2.24) is 10.3 Å². The van der Waals surface area contributed by atoms with Crippen LogP contribution in [0.2, 0.25) is 0 Å². The van der Waals surface area contributed by atoms with Gasteiger partial charge in [-0.25, -0.2) is 4.79 Å². The molecule has 1 aliphatic rings. The zero-order valence-corrected chi connectivity index (χ0v) is 10.3. The summed E-state index contributed by atoms with van der Waals surface area (Å²) in [5, 5.41) is 3.09. The summed E-state index contributed by atoms with van der Waals surface area (Å²) >= 11 is 0. The van der Waals surface area contributed by atoms with E-state index in [1.54, 1.807) is 18.2 Å². The van der Waals surface area contributed by atoms with E-state index in [0.29, 0.717) is 17.1 Å². The van der Waals surface area contributed by atoms with E-state index in [0.717, 1.165) is 18.4 Å². The van der Waals surface area contributed by atoms with Crippen LogP contribution >= 0.6 is 0 Å². The van der Waals surface area contributed by atoms with E-state index in [-0.39, 0.29) is 19.1 Å². The number of H-pyrrole nitrogens is 1. The third-order valence-corrected chi connectivity index (χ3v) is 3.00. The summed E-state index contributed by atoms with van der Waals surface area (Å²) in [5.74, 6) is -0.759. The summed E-state index contributed by atoms with van der Waals surface area (Å²) in [7, 11) is 0. The minimum Gasteiger partial charge on any atom is -0.460 e. The minimum atomic E-state index is -0.488. The van der Waals surface area contributed by atoms with Crippen molar-refractivity contribution in [2.24, 2.45) is 0 Å². The number of carbonyl (C=O) groups is 1. The number of esters is 1. The molecule has 1 fully saturated rings. The number of fused-ring (bicyclic) bond motifs is 1. The number of rotatable bonds is 5. The Morgan fingerprint density at radius 2 is 2.32 bits per heavy atom. The van der Waals surface area contributed by atoms with Crippen LogP contribution in [-0.4, -0.2) is 23.5 Å². The van der Waals surface area contributed by atoms with Crippen LogP contribution < -0.4 is 11.1 Å². The van der Waals surface area contributed by atoms with E-state index < -0.39 is 5.76 Å². The largest absolute Gasteiger partial charge is 0.460 e. The third kappa shape index (κ3) is 3.03. The van der Waals surface area contributed by atoms with E-state index in [1.807, 2.05) is 0 Å². The Hall–Kier alpha value is -2.08. The molecule has 1 saturated carbocycles. The van der Waals surface area contributed by atoms with Gasteiger partial charge in [-0.05, 0) is 30.5 Å². The van der Waals surface area contributed by atoms with E-state index in [1.165, 1.54) is 0 Å². The maximum Gasteiger partial charge on any atom is 0.417 e. The molecule has 3 rings (SSSR count). The Bertz CT molecular complexity index is 654. The molecule has 2 N–H and O–H groups in total. The van der Waals surface area contributed by atoms with Crippen LogP contribution in [0, 0.1) is 0 Å². The van der Waals surface area contributed by atoms with Crippen molar-refractivity contribution in [3.8, 4) is 0 Å². The number of carbonyl (C=O) groups excluding carboxylic acids is 1. The molecule has 1 aromatic heterocycles. The molecular formula is C13H14N2O4. The molecule has 0 aliphatic heterocycles.